The molecule has 36 heavy (non-hydrogen) atoms. The first kappa shape index (κ1) is 25.3. The molecule has 0 N–H and O–H groups in total. The number of hydrogen-bond donors (Lipinski definition) is 0. The van der Waals surface area contributed by atoms with Crippen LogP contribution < -0.4 is 9.64 Å². The number of hydrogen-bond acceptors (Lipinski definition) is 6. The van der Waals surface area contributed by atoms with Gasteiger partial charge >= 0.3 is 5.97 Å². The van der Waals surface area contributed by atoms with Gasteiger partial charge in [-0.1, -0.05) is 17.7 Å². The van der Waals surface area contributed by atoms with Gasteiger partial charge in [-0.2, -0.15) is 0 Å². The van der Waals surface area contributed by atoms with Gasteiger partial charge in [0.1, 0.15) is 18.5 Å². The molecule has 2 aromatic rings. The van der Waals surface area contributed by atoms with Gasteiger partial charge in [0.25, 0.3) is 0 Å². The SMILES string of the molecule is COC(=O)c1ccc2c(c1)N(C[C@@H]1CCO[C@H]1C(CF)OC)C[C@@]1(CCCc3cc(Cl)ccc31)CO2. The number of aryl methyl sites for hydroxylation is 1. The van der Waals surface area contributed by atoms with Gasteiger partial charge in [-0.3, -0.25) is 0 Å². The average molecular weight is 518 g/mol. The largest absolute Gasteiger partial charge is 0.490 e. The molecule has 2 aromatic carbocycles. The smallest absolute Gasteiger partial charge is 0.337 e. The average Bonchev–Trinajstić information content (AvgIpc) is 3.29. The minimum Gasteiger partial charge on any atom is -0.490 e. The molecule has 1 unspecified atom stereocenters. The molecule has 0 radical (unpaired) electrons. The summed E-state index contributed by atoms with van der Waals surface area (Å²) in [7, 11) is 2.91. The number of anilines is 1. The van der Waals surface area contributed by atoms with E-state index in [-0.39, 0.29) is 17.4 Å². The number of nitrogens with zero attached hydrogens (tertiary/aromatic N) is 1. The van der Waals surface area contributed by atoms with Crippen LogP contribution in [0.1, 0.15) is 40.7 Å². The van der Waals surface area contributed by atoms with E-state index in [1.165, 1.54) is 25.3 Å². The van der Waals surface area contributed by atoms with Gasteiger partial charge in [0.2, 0.25) is 0 Å². The lowest BCUT2D eigenvalue weighted by Crippen LogP contribution is -2.48. The fraction of sp³-hybridized carbons (Fsp3) is 0.536. The van der Waals surface area contributed by atoms with Crippen molar-refractivity contribution in [3.05, 3.63) is 58.1 Å². The van der Waals surface area contributed by atoms with Crippen LogP contribution in [0, 0.1) is 5.92 Å². The number of ether oxygens (including phenoxy) is 4. The number of halogens is 2. The first-order valence-corrected chi connectivity index (χ1v) is 12.9. The summed E-state index contributed by atoms with van der Waals surface area (Å²) in [4.78, 5) is 14.7. The van der Waals surface area contributed by atoms with E-state index < -0.39 is 18.7 Å². The van der Waals surface area contributed by atoms with Gasteiger partial charge in [0.15, 0.2) is 0 Å². The molecule has 0 aromatic heterocycles. The van der Waals surface area contributed by atoms with Crippen LogP contribution >= 0.6 is 11.6 Å². The molecule has 6 nitrogen and oxygen atoms in total. The summed E-state index contributed by atoms with van der Waals surface area (Å²) in [5.74, 6) is 0.405. The van der Waals surface area contributed by atoms with Gasteiger partial charge < -0.3 is 23.8 Å². The van der Waals surface area contributed by atoms with Crippen LogP contribution in [0.4, 0.5) is 10.1 Å². The maximum Gasteiger partial charge on any atom is 0.337 e. The number of alkyl halides is 1. The molecule has 3 aliphatic rings. The monoisotopic (exact) mass is 517 g/mol. The topological polar surface area (TPSA) is 57.2 Å². The van der Waals surface area contributed by atoms with Crippen LogP contribution in [0.2, 0.25) is 5.02 Å². The molecule has 0 saturated carbocycles. The second-order valence-electron chi connectivity index (χ2n) is 10.1. The third-order valence-electron chi connectivity index (χ3n) is 8.00. The minimum absolute atomic E-state index is 0.0729. The molecule has 4 atom stereocenters. The van der Waals surface area contributed by atoms with Crippen molar-refractivity contribution in [2.24, 2.45) is 5.92 Å². The Bertz CT molecular complexity index is 1110. The van der Waals surface area contributed by atoms with Crippen molar-refractivity contribution in [3.8, 4) is 5.75 Å². The molecule has 0 amide bonds. The number of fused-ring (bicyclic) bond motifs is 3. The highest BCUT2D eigenvalue weighted by atomic mass is 35.5. The zero-order chi connectivity index (χ0) is 25.3. The van der Waals surface area contributed by atoms with Gasteiger partial charge in [-0.15, -0.1) is 0 Å². The van der Waals surface area contributed by atoms with Crippen molar-refractivity contribution in [2.75, 3.05) is 52.1 Å². The van der Waals surface area contributed by atoms with Gasteiger partial charge in [-0.25, -0.2) is 9.18 Å². The molecule has 194 valence electrons. The summed E-state index contributed by atoms with van der Waals surface area (Å²) in [5.41, 5.74) is 3.60. The third-order valence-corrected chi connectivity index (χ3v) is 8.23. The number of carbonyl (C=O) groups excluding carboxylic acids is 1. The van der Waals surface area contributed by atoms with E-state index in [4.69, 9.17) is 30.5 Å². The second kappa shape index (κ2) is 10.6. The molecule has 1 fully saturated rings. The number of carbonyl (C=O) groups is 1. The van der Waals surface area contributed by atoms with E-state index in [9.17, 15) is 9.18 Å². The van der Waals surface area contributed by atoms with Gasteiger partial charge in [0.05, 0.1) is 31.1 Å². The van der Waals surface area contributed by atoms with Gasteiger partial charge in [0, 0.05) is 43.2 Å². The molecule has 2 aliphatic heterocycles. The summed E-state index contributed by atoms with van der Waals surface area (Å²) < 4.78 is 36.5. The molecule has 8 heteroatoms. The summed E-state index contributed by atoms with van der Waals surface area (Å²) in [6.07, 6.45) is 2.88. The van der Waals surface area contributed by atoms with Crippen molar-refractivity contribution < 1.29 is 28.1 Å². The Labute approximate surface area is 216 Å². The number of esters is 1. The first-order valence-electron chi connectivity index (χ1n) is 12.6. The first-order chi connectivity index (χ1) is 17.5. The van der Waals surface area contributed by atoms with Crippen molar-refractivity contribution in [1.82, 2.24) is 0 Å². The van der Waals surface area contributed by atoms with E-state index in [1.807, 2.05) is 18.2 Å². The Morgan fingerprint density at radius 2 is 2.14 bits per heavy atom. The molecule has 2 heterocycles. The maximum atomic E-state index is 13.7. The molecule has 1 aliphatic carbocycles. The van der Waals surface area contributed by atoms with E-state index in [2.05, 4.69) is 17.0 Å². The zero-order valence-electron chi connectivity index (χ0n) is 20.8. The Kier molecular flexibility index (Phi) is 7.42. The second-order valence-corrected chi connectivity index (χ2v) is 10.5. The van der Waals surface area contributed by atoms with E-state index in [0.29, 0.717) is 31.9 Å². The summed E-state index contributed by atoms with van der Waals surface area (Å²) in [6.45, 7) is 1.84. The lowest BCUT2D eigenvalue weighted by atomic mass is 9.70. The minimum atomic E-state index is -0.604. The summed E-state index contributed by atoms with van der Waals surface area (Å²) >= 11 is 6.34. The number of rotatable bonds is 6. The number of benzene rings is 2. The molecule has 5 rings (SSSR count). The maximum absolute atomic E-state index is 13.7. The van der Waals surface area contributed by atoms with Crippen LogP contribution in [0.15, 0.2) is 36.4 Å². The lowest BCUT2D eigenvalue weighted by Gasteiger charge is -2.41. The van der Waals surface area contributed by atoms with Crippen molar-refractivity contribution in [3.63, 3.8) is 0 Å². The highest BCUT2D eigenvalue weighted by Crippen LogP contribution is 2.45. The Hall–Kier alpha value is -2.35. The molecule has 0 bridgehead atoms. The van der Waals surface area contributed by atoms with E-state index >= 15 is 0 Å². The lowest BCUT2D eigenvalue weighted by molar-refractivity contribution is -0.0508. The normalized spacial score (nSPS) is 26.1. The fourth-order valence-corrected chi connectivity index (χ4v) is 6.38. The van der Waals surface area contributed by atoms with Crippen molar-refractivity contribution in [2.45, 2.75) is 43.3 Å². The fourth-order valence-electron chi connectivity index (χ4n) is 6.19. The predicted octanol–water partition coefficient (Wildman–Crippen LogP) is 4.99. The summed E-state index contributed by atoms with van der Waals surface area (Å²) in [5, 5.41) is 0.742. The predicted molar refractivity (Wildman–Crippen MR) is 136 cm³/mol. The Balaban J connectivity index is 1.55. The Morgan fingerprint density at radius 3 is 2.92 bits per heavy atom. The standard InChI is InChI=1S/C28H33ClFNO5/c1-33-25(14-30)26-20(9-11-35-26)15-31-16-28(10-3-4-18-12-21(29)6-7-22(18)28)17-36-24-8-5-19(13-23(24)31)27(32)34-2/h5-8,12-13,20,25-26H,3-4,9-11,14-17H2,1-2H3/t20-,25?,26+,28-/m0/s1. The van der Waals surface area contributed by atoms with Gasteiger partial charge in [-0.05, 0) is 67.1 Å². The van der Waals surface area contributed by atoms with Crippen LogP contribution in [-0.4, -0.2) is 65.4 Å². The summed E-state index contributed by atoms with van der Waals surface area (Å²) in [6, 6.07) is 11.6. The zero-order valence-corrected chi connectivity index (χ0v) is 21.6. The van der Waals surface area contributed by atoms with E-state index in [1.54, 1.807) is 6.07 Å². The van der Waals surface area contributed by atoms with Crippen LogP contribution in [-0.2, 0) is 26.0 Å². The Morgan fingerprint density at radius 1 is 1.28 bits per heavy atom. The molecular formula is C28H33ClFNO5. The molecular weight excluding hydrogens is 485 g/mol. The third kappa shape index (κ3) is 4.69. The quantitative estimate of drug-likeness (QED) is 0.503. The molecule has 1 saturated heterocycles. The number of methoxy groups -OCH3 is 2. The van der Waals surface area contributed by atoms with Crippen LogP contribution in [0.3, 0.4) is 0 Å². The highest BCUT2D eigenvalue weighted by Gasteiger charge is 2.44. The van der Waals surface area contributed by atoms with Crippen LogP contribution in [0.25, 0.3) is 0 Å². The highest BCUT2D eigenvalue weighted by molar-refractivity contribution is 6.30. The van der Waals surface area contributed by atoms with Crippen molar-refractivity contribution >= 4 is 23.3 Å². The van der Waals surface area contributed by atoms with Crippen molar-refractivity contribution in [1.29, 1.82) is 0 Å². The molecule has 1 spiro atoms. The van der Waals surface area contributed by atoms with E-state index in [0.717, 1.165) is 42.1 Å². The van der Waals surface area contributed by atoms with Crippen LogP contribution in [0.5, 0.6) is 5.75 Å².